The summed E-state index contributed by atoms with van der Waals surface area (Å²) in [6, 6.07) is 0. The number of hydrogen-bond acceptors (Lipinski definition) is 2. The first-order chi connectivity index (χ1) is 7.61. The van der Waals surface area contributed by atoms with Crippen molar-refractivity contribution in [3.8, 4) is 0 Å². The van der Waals surface area contributed by atoms with Crippen molar-refractivity contribution >= 4 is 17.5 Å². The lowest BCUT2D eigenvalue weighted by atomic mass is 9.94. The van der Waals surface area contributed by atoms with Gasteiger partial charge in [-0.2, -0.15) is 0 Å². The maximum absolute atomic E-state index is 11.9. The first-order valence-corrected chi connectivity index (χ1v) is 6.54. The van der Waals surface area contributed by atoms with Crippen LogP contribution in [0.3, 0.4) is 0 Å². The van der Waals surface area contributed by atoms with E-state index >= 15 is 0 Å². The maximum Gasteiger partial charge on any atom is 0.222 e. The number of halogens is 1. The van der Waals surface area contributed by atoms with Crippen LogP contribution >= 0.6 is 11.6 Å². The standard InChI is InChI=1S/C12H22ClNO2/c1-12(16-2)7-5-9-14(10-12)11(15)6-3-4-8-13/h3-10H2,1-2H3. The average molecular weight is 248 g/mol. The van der Waals surface area contributed by atoms with Crippen molar-refractivity contribution in [2.45, 2.75) is 44.6 Å². The summed E-state index contributed by atoms with van der Waals surface area (Å²) in [4.78, 5) is 13.8. The minimum absolute atomic E-state index is 0.152. The van der Waals surface area contributed by atoms with Crippen molar-refractivity contribution < 1.29 is 9.53 Å². The molecule has 16 heavy (non-hydrogen) atoms. The van der Waals surface area contributed by atoms with Gasteiger partial charge in [0.15, 0.2) is 0 Å². The highest BCUT2D eigenvalue weighted by Gasteiger charge is 2.32. The second kappa shape index (κ2) is 6.45. The van der Waals surface area contributed by atoms with Crippen LogP contribution in [-0.4, -0.2) is 42.5 Å². The molecule has 1 amide bonds. The van der Waals surface area contributed by atoms with Crippen molar-refractivity contribution in [1.82, 2.24) is 4.90 Å². The zero-order valence-corrected chi connectivity index (χ0v) is 11.1. The molecule has 0 N–H and O–H groups in total. The predicted octanol–water partition coefficient (Wildman–Crippen LogP) is 2.42. The number of piperidine rings is 1. The smallest absolute Gasteiger partial charge is 0.222 e. The molecule has 1 saturated heterocycles. The highest BCUT2D eigenvalue weighted by atomic mass is 35.5. The van der Waals surface area contributed by atoms with Gasteiger partial charge >= 0.3 is 0 Å². The van der Waals surface area contributed by atoms with Gasteiger partial charge in [0.2, 0.25) is 5.91 Å². The third-order valence-corrected chi connectivity index (χ3v) is 3.55. The van der Waals surface area contributed by atoms with Crippen molar-refractivity contribution in [3.05, 3.63) is 0 Å². The fourth-order valence-electron chi connectivity index (χ4n) is 2.11. The molecule has 1 rings (SSSR count). The van der Waals surface area contributed by atoms with Crippen LogP contribution in [0.25, 0.3) is 0 Å². The van der Waals surface area contributed by atoms with Crippen LogP contribution in [-0.2, 0) is 9.53 Å². The number of rotatable bonds is 5. The fraction of sp³-hybridized carbons (Fsp3) is 0.917. The van der Waals surface area contributed by atoms with Gasteiger partial charge in [-0.15, -0.1) is 11.6 Å². The second-order valence-corrected chi connectivity index (χ2v) is 5.10. The Morgan fingerprint density at radius 1 is 1.50 bits per heavy atom. The Kier molecular flexibility index (Phi) is 5.56. The molecule has 3 nitrogen and oxygen atoms in total. The number of carbonyl (C=O) groups excluding carboxylic acids is 1. The number of carbonyl (C=O) groups is 1. The summed E-state index contributed by atoms with van der Waals surface area (Å²) in [5.41, 5.74) is -0.152. The summed E-state index contributed by atoms with van der Waals surface area (Å²) in [7, 11) is 1.72. The minimum Gasteiger partial charge on any atom is -0.377 e. The zero-order valence-electron chi connectivity index (χ0n) is 10.3. The molecule has 1 heterocycles. The van der Waals surface area contributed by atoms with E-state index in [2.05, 4.69) is 6.92 Å². The lowest BCUT2D eigenvalue weighted by Gasteiger charge is -2.39. The summed E-state index contributed by atoms with van der Waals surface area (Å²) in [5, 5.41) is 0. The lowest BCUT2D eigenvalue weighted by Crippen LogP contribution is -2.49. The molecule has 1 aliphatic heterocycles. The second-order valence-electron chi connectivity index (χ2n) is 4.72. The first-order valence-electron chi connectivity index (χ1n) is 6.00. The Bertz CT molecular complexity index is 235. The number of methoxy groups -OCH3 is 1. The molecule has 1 fully saturated rings. The van der Waals surface area contributed by atoms with E-state index in [0.29, 0.717) is 12.3 Å². The number of likely N-dealkylation sites (tertiary alicyclic amines) is 1. The van der Waals surface area contributed by atoms with E-state index in [1.165, 1.54) is 0 Å². The van der Waals surface area contributed by atoms with Crippen molar-refractivity contribution in [1.29, 1.82) is 0 Å². The van der Waals surface area contributed by atoms with Gasteiger partial charge in [0, 0.05) is 32.5 Å². The molecule has 0 radical (unpaired) electrons. The van der Waals surface area contributed by atoms with Gasteiger partial charge in [-0.3, -0.25) is 4.79 Å². The van der Waals surface area contributed by atoms with Gasteiger partial charge in [-0.1, -0.05) is 0 Å². The van der Waals surface area contributed by atoms with Crippen LogP contribution in [0, 0.1) is 0 Å². The average Bonchev–Trinajstić information content (AvgIpc) is 2.29. The van der Waals surface area contributed by atoms with E-state index < -0.39 is 0 Å². The van der Waals surface area contributed by atoms with Crippen LogP contribution in [0.15, 0.2) is 0 Å². The zero-order chi connectivity index (χ0) is 12.0. The summed E-state index contributed by atoms with van der Waals surface area (Å²) < 4.78 is 5.47. The number of nitrogens with zero attached hydrogens (tertiary/aromatic N) is 1. The molecule has 0 aromatic carbocycles. The topological polar surface area (TPSA) is 29.5 Å². The molecule has 0 saturated carbocycles. The Labute approximate surface area is 103 Å². The number of alkyl halides is 1. The molecular formula is C12H22ClNO2. The largest absolute Gasteiger partial charge is 0.377 e. The maximum atomic E-state index is 11.9. The van der Waals surface area contributed by atoms with E-state index in [0.717, 1.165) is 38.8 Å². The van der Waals surface area contributed by atoms with Crippen LogP contribution in [0.1, 0.15) is 39.0 Å². The van der Waals surface area contributed by atoms with Crippen LogP contribution in [0.2, 0.25) is 0 Å². The van der Waals surface area contributed by atoms with Crippen LogP contribution < -0.4 is 0 Å². The third kappa shape index (κ3) is 3.95. The normalized spacial score (nSPS) is 25.8. The summed E-state index contributed by atoms with van der Waals surface area (Å²) >= 11 is 5.59. The molecule has 0 aromatic heterocycles. The van der Waals surface area contributed by atoms with Gasteiger partial charge in [-0.25, -0.2) is 0 Å². The first kappa shape index (κ1) is 13.8. The quantitative estimate of drug-likeness (QED) is 0.552. The third-order valence-electron chi connectivity index (χ3n) is 3.28. The Balaban J connectivity index is 2.38. The van der Waals surface area contributed by atoms with E-state index in [-0.39, 0.29) is 11.5 Å². The lowest BCUT2D eigenvalue weighted by molar-refractivity contribution is -0.139. The Morgan fingerprint density at radius 2 is 2.25 bits per heavy atom. The van der Waals surface area contributed by atoms with E-state index in [1.807, 2.05) is 4.90 Å². The molecule has 0 bridgehead atoms. The van der Waals surface area contributed by atoms with E-state index in [9.17, 15) is 4.79 Å². The van der Waals surface area contributed by atoms with Crippen molar-refractivity contribution in [2.24, 2.45) is 0 Å². The van der Waals surface area contributed by atoms with Crippen LogP contribution in [0.5, 0.6) is 0 Å². The highest BCUT2D eigenvalue weighted by molar-refractivity contribution is 6.17. The predicted molar refractivity (Wildman–Crippen MR) is 65.8 cm³/mol. The molecule has 1 aliphatic rings. The van der Waals surface area contributed by atoms with Crippen molar-refractivity contribution in [2.75, 3.05) is 26.1 Å². The summed E-state index contributed by atoms with van der Waals surface area (Å²) in [5.74, 6) is 0.886. The number of ether oxygens (including phenoxy) is 1. The summed E-state index contributed by atoms with van der Waals surface area (Å²) in [6.45, 7) is 3.67. The Hall–Kier alpha value is -0.280. The molecular weight excluding hydrogens is 226 g/mol. The molecule has 94 valence electrons. The molecule has 4 heteroatoms. The van der Waals surface area contributed by atoms with Gasteiger partial charge in [0.25, 0.3) is 0 Å². The van der Waals surface area contributed by atoms with E-state index in [1.54, 1.807) is 7.11 Å². The number of amides is 1. The summed E-state index contributed by atoms with van der Waals surface area (Å²) in [6.07, 6.45) is 4.50. The monoisotopic (exact) mass is 247 g/mol. The molecule has 0 spiro atoms. The fourth-order valence-corrected chi connectivity index (χ4v) is 2.30. The number of unbranched alkanes of at least 4 members (excludes halogenated alkanes) is 1. The minimum atomic E-state index is -0.152. The molecule has 0 aliphatic carbocycles. The van der Waals surface area contributed by atoms with Crippen LogP contribution in [0.4, 0.5) is 0 Å². The van der Waals surface area contributed by atoms with Gasteiger partial charge in [0.05, 0.1) is 5.60 Å². The van der Waals surface area contributed by atoms with Gasteiger partial charge < -0.3 is 9.64 Å². The van der Waals surface area contributed by atoms with E-state index in [4.69, 9.17) is 16.3 Å². The molecule has 1 unspecified atom stereocenters. The number of hydrogen-bond donors (Lipinski definition) is 0. The highest BCUT2D eigenvalue weighted by Crippen LogP contribution is 2.24. The SMILES string of the molecule is COC1(C)CCCN(C(=O)CCCCCl)C1. The Morgan fingerprint density at radius 3 is 2.88 bits per heavy atom. The van der Waals surface area contributed by atoms with Crippen molar-refractivity contribution in [3.63, 3.8) is 0 Å². The molecule has 0 aromatic rings. The van der Waals surface area contributed by atoms with Gasteiger partial charge in [0.1, 0.15) is 0 Å². The van der Waals surface area contributed by atoms with Gasteiger partial charge in [-0.05, 0) is 32.6 Å². The molecule has 1 atom stereocenters.